The van der Waals surface area contributed by atoms with Gasteiger partial charge in [-0.3, -0.25) is 4.79 Å². The molecule has 1 amide bonds. The lowest BCUT2D eigenvalue weighted by atomic mass is 10.1. The molecule has 0 fully saturated rings. The van der Waals surface area contributed by atoms with Crippen LogP contribution in [0.25, 0.3) is 11.4 Å². The Hall–Kier alpha value is -3.66. The average Bonchev–Trinajstić information content (AvgIpc) is 3.21. The molecule has 0 spiro atoms. The highest BCUT2D eigenvalue weighted by atomic mass is 32.2. The Morgan fingerprint density at radius 1 is 1.19 bits per heavy atom. The van der Waals surface area contributed by atoms with Gasteiger partial charge in [0.05, 0.1) is 25.0 Å². The summed E-state index contributed by atoms with van der Waals surface area (Å²) >= 11 is 1.23. The molecule has 1 N–H and O–H groups in total. The lowest BCUT2D eigenvalue weighted by molar-refractivity contribution is -0.255. The van der Waals surface area contributed by atoms with Crippen molar-refractivity contribution >= 4 is 29.9 Å². The summed E-state index contributed by atoms with van der Waals surface area (Å²) < 4.78 is 7.09. The highest BCUT2D eigenvalue weighted by molar-refractivity contribution is 7.99. The molecule has 3 rings (SSSR count). The molecule has 0 saturated carbocycles. The molecule has 0 saturated heterocycles. The third-order valence-corrected chi connectivity index (χ3v) is 5.25. The molecule has 10 heteroatoms. The van der Waals surface area contributed by atoms with E-state index in [1.165, 1.54) is 24.0 Å². The first kappa shape index (κ1) is 22.0. The van der Waals surface area contributed by atoms with Gasteiger partial charge in [0.2, 0.25) is 0 Å². The van der Waals surface area contributed by atoms with Crippen molar-refractivity contribution in [2.24, 2.45) is 5.10 Å². The first-order chi connectivity index (χ1) is 15.0. The topological polar surface area (TPSA) is 122 Å². The smallest absolute Gasteiger partial charge is 0.250 e. The fourth-order valence-corrected chi connectivity index (χ4v) is 3.56. The van der Waals surface area contributed by atoms with Crippen LogP contribution in [0.15, 0.2) is 58.8 Å². The van der Waals surface area contributed by atoms with Crippen molar-refractivity contribution in [3.8, 4) is 17.1 Å². The van der Waals surface area contributed by atoms with Crippen LogP contribution in [0.4, 0.5) is 0 Å². The van der Waals surface area contributed by atoms with E-state index in [9.17, 15) is 14.7 Å². The minimum atomic E-state index is -1.31. The van der Waals surface area contributed by atoms with Gasteiger partial charge in [-0.1, -0.05) is 36.0 Å². The predicted octanol–water partition coefficient (Wildman–Crippen LogP) is 1.58. The van der Waals surface area contributed by atoms with Gasteiger partial charge < -0.3 is 19.2 Å². The van der Waals surface area contributed by atoms with Crippen LogP contribution in [0.3, 0.4) is 0 Å². The van der Waals surface area contributed by atoms with E-state index in [-0.39, 0.29) is 17.2 Å². The molecule has 0 aliphatic carbocycles. The van der Waals surface area contributed by atoms with Crippen molar-refractivity contribution in [3.05, 3.63) is 59.7 Å². The summed E-state index contributed by atoms with van der Waals surface area (Å²) in [6, 6.07) is 13.7. The molecule has 9 nitrogen and oxygen atoms in total. The number of carbonyl (C=O) groups excluding carboxylic acids is 2. The van der Waals surface area contributed by atoms with Crippen molar-refractivity contribution in [1.29, 1.82) is 0 Å². The molecule has 3 aromatic rings. The summed E-state index contributed by atoms with van der Waals surface area (Å²) in [7, 11) is 1.61. The number of aromatic nitrogens is 3. The largest absolute Gasteiger partial charge is 0.545 e. The van der Waals surface area contributed by atoms with Crippen molar-refractivity contribution in [2.45, 2.75) is 18.6 Å². The van der Waals surface area contributed by atoms with Crippen LogP contribution >= 0.6 is 11.8 Å². The van der Waals surface area contributed by atoms with Crippen LogP contribution in [0, 0.1) is 0 Å². The molecule has 0 unspecified atom stereocenters. The van der Waals surface area contributed by atoms with E-state index in [1.54, 1.807) is 25.3 Å². The number of ether oxygens (including phenoxy) is 1. The summed E-state index contributed by atoms with van der Waals surface area (Å²) in [6.45, 7) is 2.61. The predicted molar refractivity (Wildman–Crippen MR) is 115 cm³/mol. The SMILES string of the molecule is CCn1c(SCC(=O)N/N=C\c2ccccc2C(=O)[O-])nnc1-c1ccc(OC)cc1. The Bertz CT molecular complexity index is 1100. The van der Waals surface area contributed by atoms with Crippen LogP contribution in [0.5, 0.6) is 5.75 Å². The number of amides is 1. The standard InChI is InChI=1S/C21H21N5O4S/c1-3-26-19(14-8-10-16(30-2)11-9-14)24-25-21(26)31-13-18(27)23-22-12-15-6-4-5-7-17(15)20(28)29/h4-12H,3,13H2,1-2H3,(H,23,27)(H,28,29)/p-1/b22-12-. The molecule has 31 heavy (non-hydrogen) atoms. The Morgan fingerprint density at radius 2 is 1.94 bits per heavy atom. The van der Waals surface area contributed by atoms with Gasteiger partial charge in [-0.05, 0) is 31.2 Å². The molecule has 0 atom stereocenters. The van der Waals surface area contributed by atoms with Crippen molar-refractivity contribution < 1.29 is 19.4 Å². The first-order valence-corrected chi connectivity index (χ1v) is 10.3. The number of carbonyl (C=O) groups is 2. The van der Waals surface area contributed by atoms with E-state index in [0.717, 1.165) is 11.3 Å². The van der Waals surface area contributed by atoms with Gasteiger partial charge in [0.1, 0.15) is 5.75 Å². The van der Waals surface area contributed by atoms with Crippen molar-refractivity contribution in [1.82, 2.24) is 20.2 Å². The molecule has 1 aromatic heterocycles. The normalized spacial score (nSPS) is 10.9. The highest BCUT2D eigenvalue weighted by Gasteiger charge is 2.14. The van der Waals surface area contributed by atoms with E-state index in [1.807, 2.05) is 35.8 Å². The third-order valence-electron chi connectivity index (χ3n) is 4.29. The second kappa shape index (κ2) is 10.4. The average molecular weight is 438 g/mol. The first-order valence-electron chi connectivity index (χ1n) is 9.36. The second-order valence-electron chi connectivity index (χ2n) is 6.24. The number of benzene rings is 2. The lowest BCUT2D eigenvalue weighted by Crippen LogP contribution is -2.24. The third kappa shape index (κ3) is 5.48. The van der Waals surface area contributed by atoms with Crippen molar-refractivity contribution in [2.75, 3.05) is 12.9 Å². The minimum Gasteiger partial charge on any atom is -0.545 e. The fourth-order valence-electron chi connectivity index (χ4n) is 2.77. The number of hydrogen-bond acceptors (Lipinski definition) is 8. The Balaban J connectivity index is 1.61. The molecular weight excluding hydrogens is 418 g/mol. The Kier molecular flexibility index (Phi) is 7.39. The molecule has 0 bridgehead atoms. The summed E-state index contributed by atoms with van der Waals surface area (Å²) in [5.41, 5.74) is 3.61. The van der Waals surface area contributed by atoms with Crippen molar-refractivity contribution in [3.63, 3.8) is 0 Å². The Labute approximate surface area is 183 Å². The molecular formula is C21H20N5O4S-. The van der Waals surface area contributed by atoms with Gasteiger partial charge in [0.15, 0.2) is 11.0 Å². The van der Waals surface area contributed by atoms with Crippen LogP contribution in [-0.4, -0.2) is 45.7 Å². The number of hydrogen-bond donors (Lipinski definition) is 1. The fraction of sp³-hybridized carbons (Fsp3) is 0.190. The number of carboxylic acid groups (broad SMARTS) is 1. The maximum absolute atomic E-state index is 12.1. The van der Waals surface area contributed by atoms with Gasteiger partial charge in [0, 0.05) is 23.2 Å². The summed E-state index contributed by atoms with van der Waals surface area (Å²) in [6.07, 6.45) is 1.27. The van der Waals surface area contributed by atoms with E-state index >= 15 is 0 Å². The van der Waals surface area contributed by atoms with Crippen LogP contribution < -0.4 is 15.3 Å². The number of hydrazone groups is 1. The van der Waals surface area contributed by atoms with Gasteiger partial charge >= 0.3 is 0 Å². The van der Waals surface area contributed by atoms with Gasteiger partial charge in [-0.15, -0.1) is 10.2 Å². The Morgan fingerprint density at radius 3 is 2.61 bits per heavy atom. The molecule has 160 valence electrons. The van der Waals surface area contributed by atoms with Gasteiger partial charge in [0.25, 0.3) is 5.91 Å². The number of nitrogens with one attached hydrogen (secondary N) is 1. The quantitative estimate of drug-likeness (QED) is 0.306. The van der Waals surface area contributed by atoms with Crippen LogP contribution in [-0.2, 0) is 11.3 Å². The summed E-state index contributed by atoms with van der Waals surface area (Å²) in [5.74, 6) is -0.148. The number of rotatable bonds is 9. The second-order valence-corrected chi connectivity index (χ2v) is 7.18. The lowest BCUT2D eigenvalue weighted by Gasteiger charge is -2.08. The van der Waals surface area contributed by atoms with Crippen LogP contribution in [0.2, 0.25) is 0 Å². The number of carboxylic acids is 1. The molecule has 0 aliphatic rings. The highest BCUT2D eigenvalue weighted by Crippen LogP contribution is 2.25. The zero-order valence-electron chi connectivity index (χ0n) is 16.9. The van der Waals surface area contributed by atoms with E-state index in [2.05, 4.69) is 20.7 Å². The molecule has 1 heterocycles. The van der Waals surface area contributed by atoms with Gasteiger partial charge in [-0.25, -0.2) is 5.43 Å². The monoisotopic (exact) mass is 438 g/mol. The maximum atomic E-state index is 12.1. The minimum absolute atomic E-state index is 0.00279. The van der Waals surface area contributed by atoms with Gasteiger partial charge in [-0.2, -0.15) is 5.10 Å². The number of aromatic carboxylic acids is 1. The zero-order chi connectivity index (χ0) is 22.2. The number of thioether (sulfide) groups is 1. The van der Waals surface area contributed by atoms with E-state index in [0.29, 0.717) is 23.1 Å². The number of nitrogens with zero attached hydrogens (tertiary/aromatic N) is 4. The molecule has 0 aliphatic heterocycles. The molecule has 0 radical (unpaired) electrons. The molecule has 2 aromatic carbocycles. The van der Waals surface area contributed by atoms with E-state index < -0.39 is 5.97 Å². The summed E-state index contributed by atoms with van der Waals surface area (Å²) in [5, 5.41) is 24.0. The maximum Gasteiger partial charge on any atom is 0.250 e. The number of methoxy groups -OCH3 is 1. The van der Waals surface area contributed by atoms with E-state index in [4.69, 9.17) is 4.74 Å². The zero-order valence-corrected chi connectivity index (χ0v) is 17.8. The summed E-state index contributed by atoms with van der Waals surface area (Å²) in [4.78, 5) is 23.2. The van der Waals surface area contributed by atoms with Crippen LogP contribution in [0.1, 0.15) is 22.8 Å².